The van der Waals surface area contributed by atoms with E-state index in [1.807, 2.05) is 17.8 Å². The summed E-state index contributed by atoms with van der Waals surface area (Å²) < 4.78 is 5.34. The largest absolute Gasteiger partial charge is 0.496 e. The van der Waals surface area contributed by atoms with Crippen LogP contribution in [-0.4, -0.2) is 25.2 Å². The molecular formula is C13H21NOS. The van der Waals surface area contributed by atoms with Gasteiger partial charge in [0.05, 0.1) is 7.11 Å². The fraction of sp³-hybridized carbons (Fsp3) is 0.538. The Labute approximate surface area is 103 Å². The summed E-state index contributed by atoms with van der Waals surface area (Å²) in [5.41, 5.74) is 2.51. The predicted molar refractivity (Wildman–Crippen MR) is 72.4 cm³/mol. The molecule has 0 amide bonds. The standard InChI is InChI=1S/C13H21NOS/c1-10-5-6-13(15-3)12(7-10)9-14-8-11(2)16-4/h5-7,11,14H,8-9H2,1-4H3. The minimum absolute atomic E-state index is 0.649. The van der Waals surface area contributed by atoms with Crippen molar-refractivity contribution >= 4 is 11.8 Å². The fourth-order valence-electron chi connectivity index (χ4n) is 1.54. The van der Waals surface area contributed by atoms with Gasteiger partial charge in [0.1, 0.15) is 5.75 Å². The summed E-state index contributed by atoms with van der Waals surface area (Å²) in [6.45, 7) is 6.23. The van der Waals surface area contributed by atoms with Gasteiger partial charge in [-0.25, -0.2) is 0 Å². The lowest BCUT2D eigenvalue weighted by molar-refractivity contribution is 0.407. The zero-order valence-corrected chi connectivity index (χ0v) is 11.4. The number of benzene rings is 1. The van der Waals surface area contributed by atoms with Crippen molar-refractivity contribution in [3.05, 3.63) is 29.3 Å². The average molecular weight is 239 g/mol. The van der Waals surface area contributed by atoms with Gasteiger partial charge in [-0.2, -0.15) is 11.8 Å². The molecule has 0 fully saturated rings. The maximum atomic E-state index is 5.34. The first-order valence-corrected chi connectivity index (χ1v) is 6.83. The second-order valence-electron chi connectivity index (χ2n) is 3.99. The van der Waals surface area contributed by atoms with Crippen molar-refractivity contribution in [3.63, 3.8) is 0 Å². The van der Waals surface area contributed by atoms with Crippen LogP contribution in [0.2, 0.25) is 0 Å². The highest BCUT2D eigenvalue weighted by Gasteiger charge is 2.04. The third-order valence-corrected chi connectivity index (χ3v) is 3.56. The summed E-state index contributed by atoms with van der Waals surface area (Å²) in [6.07, 6.45) is 2.14. The second-order valence-corrected chi connectivity index (χ2v) is 5.27. The van der Waals surface area contributed by atoms with E-state index in [1.165, 1.54) is 11.1 Å². The summed E-state index contributed by atoms with van der Waals surface area (Å²) in [6, 6.07) is 6.28. The third kappa shape index (κ3) is 4.06. The minimum Gasteiger partial charge on any atom is -0.496 e. The van der Waals surface area contributed by atoms with Crippen LogP contribution >= 0.6 is 11.8 Å². The number of hydrogen-bond donors (Lipinski definition) is 1. The first-order chi connectivity index (χ1) is 7.67. The van der Waals surface area contributed by atoms with Crippen LogP contribution in [0.15, 0.2) is 18.2 Å². The molecule has 1 unspecified atom stereocenters. The van der Waals surface area contributed by atoms with Gasteiger partial charge in [-0.1, -0.05) is 24.6 Å². The number of rotatable bonds is 6. The van der Waals surface area contributed by atoms with Gasteiger partial charge in [-0.3, -0.25) is 0 Å². The van der Waals surface area contributed by atoms with Gasteiger partial charge >= 0.3 is 0 Å². The van der Waals surface area contributed by atoms with E-state index >= 15 is 0 Å². The van der Waals surface area contributed by atoms with Gasteiger partial charge in [0.25, 0.3) is 0 Å². The maximum Gasteiger partial charge on any atom is 0.123 e. The highest BCUT2D eigenvalue weighted by Crippen LogP contribution is 2.19. The van der Waals surface area contributed by atoms with Crippen LogP contribution in [0.3, 0.4) is 0 Å². The number of thioether (sulfide) groups is 1. The molecule has 0 aliphatic rings. The van der Waals surface area contributed by atoms with E-state index in [0.717, 1.165) is 18.8 Å². The van der Waals surface area contributed by atoms with Crippen molar-refractivity contribution in [3.8, 4) is 5.75 Å². The third-order valence-electron chi connectivity index (χ3n) is 2.59. The van der Waals surface area contributed by atoms with Crippen molar-refractivity contribution in [2.24, 2.45) is 0 Å². The molecule has 1 atom stereocenters. The molecule has 2 nitrogen and oxygen atoms in total. The monoisotopic (exact) mass is 239 g/mol. The average Bonchev–Trinajstić information content (AvgIpc) is 2.29. The lowest BCUT2D eigenvalue weighted by Gasteiger charge is -2.12. The smallest absolute Gasteiger partial charge is 0.123 e. The van der Waals surface area contributed by atoms with Crippen molar-refractivity contribution in [1.29, 1.82) is 0 Å². The Hall–Kier alpha value is -0.670. The molecule has 0 aliphatic heterocycles. The Bertz CT molecular complexity index is 328. The van der Waals surface area contributed by atoms with E-state index in [2.05, 4.69) is 37.6 Å². The molecule has 0 saturated heterocycles. The minimum atomic E-state index is 0.649. The Kier molecular flexibility index (Phi) is 5.71. The van der Waals surface area contributed by atoms with Gasteiger partial charge < -0.3 is 10.1 Å². The van der Waals surface area contributed by atoms with Crippen molar-refractivity contribution in [2.45, 2.75) is 25.6 Å². The Morgan fingerprint density at radius 1 is 1.44 bits per heavy atom. The molecule has 0 spiro atoms. The fourth-order valence-corrected chi connectivity index (χ4v) is 1.82. The molecule has 1 N–H and O–H groups in total. The molecule has 0 heterocycles. The van der Waals surface area contributed by atoms with Crippen LogP contribution in [0.1, 0.15) is 18.1 Å². The van der Waals surface area contributed by atoms with Crippen LogP contribution in [0.25, 0.3) is 0 Å². The maximum absolute atomic E-state index is 5.34. The van der Waals surface area contributed by atoms with Crippen LogP contribution in [-0.2, 0) is 6.54 Å². The highest BCUT2D eigenvalue weighted by molar-refractivity contribution is 7.99. The van der Waals surface area contributed by atoms with E-state index in [9.17, 15) is 0 Å². The van der Waals surface area contributed by atoms with E-state index in [0.29, 0.717) is 5.25 Å². The number of ether oxygens (including phenoxy) is 1. The molecule has 0 saturated carbocycles. The topological polar surface area (TPSA) is 21.3 Å². The van der Waals surface area contributed by atoms with Gasteiger partial charge in [-0.15, -0.1) is 0 Å². The second kappa shape index (κ2) is 6.81. The van der Waals surface area contributed by atoms with Crippen molar-refractivity contribution in [1.82, 2.24) is 5.32 Å². The quantitative estimate of drug-likeness (QED) is 0.825. The Morgan fingerprint density at radius 2 is 2.19 bits per heavy atom. The summed E-state index contributed by atoms with van der Waals surface area (Å²) in [5.74, 6) is 0.968. The number of nitrogens with one attached hydrogen (secondary N) is 1. The lowest BCUT2D eigenvalue weighted by Crippen LogP contribution is -2.22. The molecular weight excluding hydrogens is 218 g/mol. The van der Waals surface area contributed by atoms with E-state index in [-0.39, 0.29) is 0 Å². The van der Waals surface area contributed by atoms with Crippen LogP contribution in [0, 0.1) is 6.92 Å². The summed E-state index contributed by atoms with van der Waals surface area (Å²) in [4.78, 5) is 0. The summed E-state index contributed by atoms with van der Waals surface area (Å²) in [5, 5.41) is 4.10. The number of methoxy groups -OCH3 is 1. The van der Waals surface area contributed by atoms with Gasteiger partial charge in [-0.05, 0) is 19.2 Å². The van der Waals surface area contributed by atoms with Gasteiger partial charge in [0, 0.05) is 23.9 Å². The lowest BCUT2D eigenvalue weighted by atomic mass is 10.1. The zero-order valence-electron chi connectivity index (χ0n) is 10.5. The molecule has 90 valence electrons. The van der Waals surface area contributed by atoms with E-state index in [4.69, 9.17) is 4.74 Å². The molecule has 0 aromatic heterocycles. The van der Waals surface area contributed by atoms with E-state index < -0.39 is 0 Å². The van der Waals surface area contributed by atoms with Crippen molar-refractivity contribution < 1.29 is 4.74 Å². The summed E-state index contributed by atoms with van der Waals surface area (Å²) >= 11 is 1.88. The van der Waals surface area contributed by atoms with Crippen LogP contribution in [0.4, 0.5) is 0 Å². The molecule has 1 rings (SSSR count). The summed E-state index contributed by atoms with van der Waals surface area (Å²) in [7, 11) is 1.72. The molecule has 1 aromatic carbocycles. The normalized spacial score (nSPS) is 12.5. The molecule has 16 heavy (non-hydrogen) atoms. The Balaban J connectivity index is 2.55. The highest BCUT2D eigenvalue weighted by atomic mass is 32.2. The zero-order chi connectivity index (χ0) is 12.0. The molecule has 0 radical (unpaired) electrons. The molecule has 0 bridgehead atoms. The van der Waals surface area contributed by atoms with Crippen LogP contribution in [0.5, 0.6) is 5.75 Å². The Morgan fingerprint density at radius 3 is 2.81 bits per heavy atom. The molecule has 3 heteroatoms. The van der Waals surface area contributed by atoms with E-state index in [1.54, 1.807) is 7.11 Å². The first kappa shape index (κ1) is 13.4. The van der Waals surface area contributed by atoms with Crippen LogP contribution < -0.4 is 10.1 Å². The van der Waals surface area contributed by atoms with Gasteiger partial charge in [0.15, 0.2) is 0 Å². The SMILES string of the molecule is COc1ccc(C)cc1CNCC(C)SC. The predicted octanol–water partition coefficient (Wildman–Crippen LogP) is 2.84. The molecule has 0 aliphatic carbocycles. The van der Waals surface area contributed by atoms with Gasteiger partial charge in [0.2, 0.25) is 0 Å². The first-order valence-electron chi connectivity index (χ1n) is 5.54. The van der Waals surface area contributed by atoms with Crippen molar-refractivity contribution in [2.75, 3.05) is 19.9 Å². The number of hydrogen-bond acceptors (Lipinski definition) is 3. The number of aryl methyl sites for hydroxylation is 1. The molecule has 1 aromatic rings.